The Balaban J connectivity index is 2.21. The average molecular weight is 275 g/mol. The Morgan fingerprint density at radius 2 is 2.18 bits per heavy atom. The largest absolute Gasteiger partial charge is 0.343 e. The fourth-order valence-corrected chi connectivity index (χ4v) is 2.68. The standard InChI is InChI=1S/C13H16Cl2O2/c1-3-4-10-8-16-13(2,17-10)11-6-5-9(14)7-12(11)15/h5-7,10H,3-4,8H2,1-2H3/t10?,13-/m1/s1. The van der Waals surface area contributed by atoms with E-state index in [4.69, 9.17) is 32.7 Å². The first kappa shape index (κ1) is 13.2. The highest BCUT2D eigenvalue weighted by Gasteiger charge is 2.39. The molecule has 2 nitrogen and oxygen atoms in total. The van der Waals surface area contributed by atoms with E-state index in [-0.39, 0.29) is 6.10 Å². The van der Waals surface area contributed by atoms with Crippen molar-refractivity contribution in [3.05, 3.63) is 33.8 Å². The van der Waals surface area contributed by atoms with E-state index in [0.717, 1.165) is 18.4 Å². The Morgan fingerprint density at radius 1 is 1.41 bits per heavy atom. The molecule has 0 spiro atoms. The van der Waals surface area contributed by atoms with E-state index in [1.807, 2.05) is 13.0 Å². The van der Waals surface area contributed by atoms with E-state index in [1.54, 1.807) is 12.1 Å². The van der Waals surface area contributed by atoms with Gasteiger partial charge in [-0.2, -0.15) is 0 Å². The summed E-state index contributed by atoms with van der Waals surface area (Å²) < 4.78 is 11.7. The van der Waals surface area contributed by atoms with Crippen LogP contribution < -0.4 is 0 Å². The zero-order chi connectivity index (χ0) is 12.5. The van der Waals surface area contributed by atoms with Crippen LogP contribution in [-0.4, -0.2) is 12.7 Å². The van der Waals surface area contributed by atoms with Gasteiger partial charge in [-0.05, 0) is 25.5 Å². The van der Waals surface area contributed by atoms with Crippen LogP contribution in [0.15, 0.2) is 18.2 Å². The molecule has 2 rings (SSSR count). The minimum absolute atomic E-state index is 0.150. The van der Waals surface area contributed by atoms with Crippen LogP contribution in [0.3, 0.4) is 0 Å². The second-order valence-corrected chi connectivity index (χ2v) is 5.25. The normalized spacial score (nSPS) is 28.6. The summed E-state index contributed by atoms with van der Waals surface area (Å²) in [7, 11) is 0. The first-order valence-electron chi connectivity index (χ1n) is 5.82. The van der Waals surface area contributed by atoms with Crippen LogP contribution in [-0.2, 0) is 15.3 Å². The Hall–Kier alpha value is -0.280. The Morgan fingerprint density at radius 3 is 2.82 bits per heavy atom. The average Bonchev–Trinajstić information content (AvgIpc) is 2.61. The van der Waals surface area contributed by atoms with Crippen molar-refractivity contribution in [2.45, 2.75) is 38.6 Å². The highest BCUT2D eigenvalue weighted by Crippen LogP contribution is 2.39. The Labute approximate surface area is 112 Å². The molecule has 0 bridgehead atoms. The molecule has 1 saturated heterocycles. The van der Waals surface area contributed by atoms with Gasteiger partial charge >= 0.3 is 0 Å². The molecule has 17 heavy (non-hydrogen) atoms. The molecule has 4 heteroatoms. The van der Waals surface area contributed by atoms with Crippen molar-refractivity contribution in [3.63, 3.8) is 0 Å². The summed E-state index contributed by atoms with van der Waals surface area (Å²) in [5.41, 5.74) is 0.835. The number of ether oxygens (including phenoxy) is 2. The second kappa shape index (κ2) is 5.15. The van der Waals surface area contributed by atoms with E-state index in [0.29, 0.717) is 16.7 Å². The Kier molecular flexibility index (Phi) is 3.99. The molecule has 1 aliphatic heterocycles. The van der Waals surface area contributed by atoms with E-state index < -0.39 is 5.79 Å². The molecule has 94 valence electrons. The summed E-state index contributed by atoms with van der Waals surface area (Å²) in [6.07, 6.45) is 2.23. The zero-order valence-corrected chi connectivity index (χ0v) is 11.5. The van der Waals surface area contributed by atoms with Crippen molar-refractivity contribution in [2.75, 3.05) is 6.61 Å². The smallest absolute Gasteiger partial charge is 0.193 e. The number of rotatable bonds is 3. The summed E-state index contributed by atoms with van der Waals surface area (Å²) in [4.78, 5) is 0. The van der Waals surface area contributed by atoms with Crippen molar-refractivity contribution in [3.8, 4) is 0 Å². The van der Waals surface area contributed by atoms with Gasteiger partial charge in [-0.1, -0.05) is 42.6 Å². The van der Waals surface area contributed by atoms with Gasteiger partial charge in [-0.15, -0.1) is 0 Å². The SMILES string of the molecule is CCCC1CO[C@@](C)(c2ccc(Cl)cc2Cl)O1. The first-order valence-corrected chi connectivity index (χ1v) is 6.58. The van der Waals surface area contributed by atoms with Crippen LogP contribution in [0.4, 0.5) is 0 Å². The minimum Gasteiger partial charge on any atom is -0.343 e. The van der Waals surface area contributed by atoms with E-state index in [9.17, 15) is 0 Å². The quantitative estimate of drug-likeness (QED) is 0.814. The van der Waals surface area contributed by atoms with E-state index in [1.165, 1.54) is 0 Å². The molecule has 1 heterocycles. The van der Waals surface area contributed by atoms with Gasteiger partial charge < -0.3 is 9.47 Å². The molecule has 1 fully saturated rings. The maximum absolute atomic E-state index is 6.18. The third-order valence-corrected chi connectivity index (χ3v) is 3.52. The molecular weight excluding hydrogens is 259 g/mol. The summed E-state index contributed by atoms with van der Waals surface area (Å²) >= 11 is 12.1. The number of halogens is 2. The molecule has 0 N–H and O–H groups in total. The van der Waals surface area contributed by atoms with Gasteiger partial charge in [0.05, 0.1) is 17.7 Å². The summed E-state index contributed by atoms with van der Waals surface area (Å²) in [6, 6.07) is 5.37. The number of hydrogen-bond donors (Lipinski definition) is 0. The number of benzene rings is 1. The van der Waals surface area contributed by atoms with Gasteiger partial charge in [0, 0.05) is 10.6 Å². The highest BCUT2D eigenvalue weighted by atomic mass is 35.5. The van der Waals surface area contributed by atoms with Crippen LogP contribution in [0.25, 0.3) is 0 Å². The molecular formula is C13H16Cl2O2. The molecule has 0 amide bonds. The second-order valence-electron chi connectivity index (χ2n) is 4.41. The lowest BCUT2D eigenvalue weighted by Crippen LogP contribution is -2.24. The molecule has 1 aliphatic rings. The summed E-state index contributed by atoms with van der Waals surface area (Å²) in [6.45, 7) is 4.65. The summed E-state index contributed by atoms with van der Waals surface area (Å²) in [5, 5.41) is 1.20. The van der Waals surface area contributed by atoms with E-state index >= 15 is 0 Å². The number of hydrogen-bond acceptors (Lipinski definition) is 2. The van der Waals surface area contributed by atoms with Crippen LogP contribution in [0.2, 0.25) is 10.0 Å². The zero-order valence-electron chi connectivity index (χ0n) is 10.0. The lowest BCUT2D eigenvalue weighted by atomic mass is 10.1. The molecule has 1 aromatic rings. The lowest BCUT2D eigenvalue weighted by molar-refractivity contribution is -0.162. The van der Waals surface area contributed by atoms with Gasteiger partial charge in [0.25, 0.3) is 0 Å². The van der Waals surface area contributed by atoms with Gasteiger partial charge in [-0.25, -0.2) is 0 Å². The third-order valence-electron chi connectivity index (χ3n) is 2.97. The maximum atomic E-state index is 6.18. The first-order chi connectivity index (χ1) is 8.05. The van der Waals surface area contributed by atoms with E-state index in [2.05, 4.69) is 6.92 Å². The summed E-state index contributed by atoms with van der Waals surface area (Å²) in [5.74, 6) is -0.749. The molecule has 2 atom stereocenters. The molecule has 0 aromatic heterocycles. The van der Waals surface area contributed by atoms with Gasteiger partial charge in [0.15, 0.2) is 5.79 Å². The van der Waals surface area contributed by atoms with Gasteiger partial charge in [-0.3, -0.25) is 0 Å². The predicted molar refractivity (Wildman–Crippen MR) is 69.5 cm³/mol. The van der Waals surface area contributed by atoms with Crippen LogP contribution in [0, 0.1) is 0 Å². The molecule has 1 unspecified atom stereocenters. The third kappa shape index (κ3) is 2.76. The van der Waals surface area contributed by atoms with Gasteiger partial charge in [0.1, 0.15) is 0 Å². The lowest BCUT2D eigenvalue weighted by Gasteiger charge is -2.25. The molecule has 0 aliphatic carbocycles. The van der Waals surface area contributed by atoms with Crippen LogP contribution in [0.1, 0.15) is 32.3 Å². The van der Waals surface area contributed by atoms with Crippen molar-refractivity contribution >= 4 is 23.2 Å². The Bertz CT molecular complexity index is 408. The molecule has 1 aromatic carbocycles. The maximum Gasteiger partial charge on any atom is 0.193 e. The highest BCUT2D eigenvalue weighted by molar-refractivity contribution is 6.35. The monoisotopic (exact) mass is 274 g/mol. The minimum atomic E-state index is -0.749. The van der Waals surface area contributed by atoms with Crippen LogP contribution >= 0.6 is 23.2 Å². The fourth-order valence-electron chi connectivity index (χ4n) is 2.10. The molecule has 0 radical (unpaired) electrons. The van der Waals surface area contributed by atoms with Crippen molar-refractivity contribution in [1.82, 2.24) is 0 Å². The predicted octanol–water partition coefficient (Wildman–Crippen LogP) is 4.38. The van der Waals surface area contributed by atoms with Crippen molar-refractivity contribution in [1.29, 1.82) is 0 Å². The van der Waals surface area contributed by atoms with Gasteiger partial charge in [0.2, 0.25) is 0 Å². The van der Waals surface area contributed by atoms with Crippen molar-refractivity contribution < 1.29 is 9.47 Å². The molecule has 0 saturated carbocycles. The topological polar surface area (TPSA) is 18.5 Å². The van der Waals surface area contributed by atoms with Crippen LogP contribution in [0.5, 0.6) is 0 Å². The van der Waals surface area contributed by atoms with Crippen molar-refractivity contribution in [2.24, 2.45) is 0 Å². The fraction of sp³-hybridized carbons (Fsp3) is 0.538.